The molecule has 0 amide bonds. The monoisotopic (exact) mass is 474 g/mol. The molecule has 3 aromatic rings. The molecule has 0 spiro atoms. The van der Waals surface area contributed by atoms with Gasteiger partial charge in [0, 0.05) is 24.0 Å². The highest BCUT2D eigenvalue weighted by molar-refractivity contribution is 7.89. The summed E-state index contributed by atoms with van der Waals surface area (Å²) in [5.74, 6) is 0.551. The van der Waals surface area contributed by atoms with Gasteiger partial charge in [-0.15, -0.1) is 0 Å². The molecule has 0 aliphatic carbocycles. The Labute approximate surface area is 204 Å². The zero-order chi connectivity index (χ0) is 23.6. The van der Waals surface area contributed by atoms with Crippen LogP contribution in [0.15, 0.2) is 95.9 Å². The van der Waals surface area contributed by atoms with Crippen LogP contribution in [-0.4, -0.2) is 39.0 Å². The summed E-state index contributed by atoms with van der Waals surface area (Å²) in [6.07, 6.45) is 5.85. The first kappa shape index (κ1) is 23.3. The third kappa shape index (κ3) is 4.57. The molecule has 178 valence electrons. The molecule has 1 N–H and O–H groups in total. The van der Waals surface area contributed by atoms with Crippen molar-refractivity contribution in [2.75, 3.05) is 13.6 Å². The van der Waals surface area contributed by atoms with Crippen LogP contribution in [0.4, 0.5) is 0 Å². The standard InChI is InChI=1S/C29H34N2O2S/c1-31-26-17-18-27(31)20-23(19-26)21-29(24-11-5-2-6-12-24,25-13-7-3-8-14-25)22-30-34(32,33)28-15-9-4-10-16-28/h2-16,23,26-27,30H,17-22H2,1H3/t26-,27-/m0/s1. The Bertz CT molecular complexity index is 1130. The molecule has 2 aliphatic rings. The average Bonchev–Trinajstić information content (AvgIpc) is 3.08. The summed E-state index contributed by atoms with van der Waals surface area (Å²) < 4.78 is 29.6. The molecule has 0 radical (unpaired) electrons. The van der Waals surface area contributed by atoms with Crippen molar-refractivity contribution in [1.29, 1.82) is 0 Å². The summed E-state index contributed by atoms with van der Waals surface area (Å²) in [4.78, 5) is 2.88. The van der Waals surface area contributed by atoms with Crippen LogP contribution >= 0.6 is 0 Å². The molecule has 2 bridgehead atoms. The van der Waals surface area contributed by atoms with Gasteiger partial charge in [-0.2, -0.15) is 0 Å². The first-order chi connectivity index (χ1) is 16.5. The second-order valence-corrected chi connectivity index (χ2v) is 11.8. The minimum absolute atomic E-state index is 0.308. The second-order valence-electron chi connectivity index (χ2n) is 10.0. The van der Waals surface area contributed by atoms with Gasteiger partial charge >= 0.3 is 0 Å². The number of sulfonamides is 1. The molecule has 5 rings (SSSR count). The molecule has 0 aromatic heterocycles. The predicted octanol–water partition coefficient (Wildman–Crippen LogP) is 5.21. The lowest BCUT2D eigenvalue weighted by Gasteiger charge is -2.43. The lowest BCUT2D eigenvalue weighted by Crippen LogP contribution is -2.46. The minimum Gasteiger partial charge on any atom is -0.300 e. The van der Waals surface area contributed by atoms with Gasteiger partial charge in [0.25, 0.3) is 0 Å². The van der Waals surface area contributed by atoms with Crippen LogP contribution in [0.25, 0.3) is 0 Å². The van der Waals surface area contributed by atoms with E-state index in [4.69, 9.17) is 0 Å². The summed E-state index contributed by atoms with van der Waals surface area (Å²) in [5, 5.41) is 0. The second kappa shape index (κ2) is 9.65. The van der Waals surface area contributed by atoms with E-state index in [1.807, 2.05) is 18.2 Å². The zero-order valence-electron chi connectivity index (χ0n) is 19.8. The van der Waals surface area contributed by atoms with Crippen molar-refractivity contribution in [2.45, 2.75) is 54.5 Å². The van der Waals surface area contributed by atoms with Gasteiger partial charge in [-0.1, -0.05) is 78.9 Å². The fraction of sp³-hybridized carbons (Fsp3) is 0.379. The van der Waals surface area contributed by atoms with Gasteiger partial charge in [0.1, 0.15) is 0 Å². The van der Waals surface area contributed by atoms with Crippen LogP contribution in [0.1, 0.15) is 43.2 Å². The number of piperidine rings is 1. The molecule has 2 atom stereocenters. The highest BCUT2D eigenvalue weighted by atomic mass is 32.2. The quantitative estimate of drug-likeness (QED) is 0.487. The predicted molar refractivity (Wildman–Crippen MR) is 137 cm³/mol. The van der Waals surface area contributed by atoms with Gasteiger partial charge in [0.2, 0.25) is 10.0 Å². The third-order valence-corrected chi connectivity index (χ3v) is 9.52. The molecule has 2 saturated heterocycles. The maximum Gasteiger partial charge on any atom is 0.240 e. The lowest BCUT2D eigenvalue weighted by atomic mass is 9.67. The lowest BCUT2D eigenvalue weighted by molar-refractivity contribution is 0.119. The fourth-order valence-corrected chi connectivity index (χ4v) is 7.40. The van der Waals surface area contributed by atoms with Crippen molar-refractivity contribution in [3.05, 3.63) is 102 Å². The first-order valence-corrected chi connectivity index (χ1v) is 13.8. The number of fused-ring (bicyclic) bond motifs is 2. The Kier molecular flexibility index (Phi) is 6.61. The van der Waals surface area contributed by atoms with Crippen molar-refractivity contribution in [2.24, 2.45) is 5.92 Å². The number of nitrogens with zero attached hydrogens (tertiary/aromatic N) is 1. The summed E-state index contributed by atoms with van der Waals surface area (Å²) in [5.41, 5.74) is 1.90. The summed E-state index contributed by atoms with van der Waals surface area (Å²) in [6.45, 7) is 0.333. The summed E-state index contributed by atoms with van der Waals surface area (Å²) in [7, 11) is -1.35. The van der Waals surface area contributed by atoms with E-state index >= 15 is 0 Å². The van der Waals surface area contributed by atoms with Gasteiger partial charge in [-0.25, -0.2) is 13.1 Å². The minimum atomic E-state index is -3.63. The Hall–Kier alpha value is -2.47. The van der Waals surface area contributed by atoms with Crippen LogP contribution in [0.5, 0.6) is 0 Å². The number of rotatable bonds is 8. The van der Waals surface area contributed by atoms with Crippen molar-refractivity contribution < 1.29 is 8.42 Å². The molecule has 5 heteroatoms. The van der Waals surface area contributed by atoms with Crippen LogP contribution in [0.2, 0.25) is 0 Å². The highest BCUT2D eigenvalue weighted by Gasteiger charge is 2.43. The van der Waals surface area contributed by atoms with Crippen molar-refractivity contribution in [3.63, 3.8) is 0 Å². The molecular weight excluding hydrogens is 440 g/mol. The van der Waals surface area contributed by atoms with E-state index in [9.17, 15) is 8.42 Å². The first-order valence-electron chi connectivity index (χ1n) is 12.4. The number of benzene rings is 3. The van der Waals surface area contributed by atoms with Crippen LogP contribution < -0.4 is 4.72 Å². The average molecular weight is 475 g/mol. The maximum absolute atomic E-state index is 13.3. The van der Waals surface area contributed by atoms with E-state index in [2.05, 4.69) is 65.2 Å². The van der Waals surface area contributed by atoms with Crippen LogP contribution in [0.3, 0.4) is 0 Å². The molecule has 2 fully saturated rings. The topological polar surface area (TPSA) is 49.4 Å². The van der Waals surface area contributed by atoms with E-state index in [-0.39, 0.29) is 0 Å². The van der Waals surface area contributed by atoms with E-state index in [0.717, 1.165) is 6.42 Å². The summed E-state index contributed by atoms with van der Waals surface area (Å²) >= 11 is 0. The van der Waals surface area contributed by atoms with E-state index in [1.165, 1.54) is 36.8 Å². The van der Waals surface area contributed by atoms with E-state index in [0.29, 0.717) is 29.4 Å². The molecule has 3 aromatic carbocycles. The maximum atomic E-state index is 13.3. The Morgan fingerprint density at radius 3 is 1.76 bits per heavy atom. The van der Waals surface area contributed by atoms with E-state index < -0.39 is 15.4 Å². The summed E-state index contributed by atoms with van der Waals surface area (Å²) in [6, 6.07) is 31.0. The largest absolute Gasteiger partial charge is 0.300 e. The van der Waals surface area contributed by atoms with Crippen molar-refractivity contribution >= 4 is 10.0 Å². The SMILES string of the molecule is CN1[C@H]2CC[C@H]1CC(CC(CNS(=O)(=O)c1ccccc1)(c1ccccc1)c1ccccc1)C2. The van der Waals surface area contributed by atoms with Gasteiger partial charge in [-0.05, 0) is 68.3 Å². The van der Waals surface area contributed by atoms with Gasteiger partial charge in [0.05, 0.1) is 4.90 Å². The number of hydrogen-bond donors (Lipinski definition) is 1. The van der Waals surface area contributed by atoms with Gasteiger partial charge < -0.3 is 4.90 Å². The molecular formula is C29H34N2O2S. The van der Waals surface area contributed by atoms with Crippen molar-refractivity contribution in [1.82, 2.24) is 9.62 Å². The van der Waals surface area contributed by atoms with Gasteiger partial charge in [-0.3, -0.25) is 0 Å². The zero-order valence-corrected chi connectivity index (χ0v) is 20.6. The van der Waals surface area contributed by atoms with Crippen molar-refractivity contribution in [3.8, 4) is 0 Å². The highest BCUT2D eigenvalue weighted by Crippen LogP contribution is 2.45. The molecule has 2 heterocycles. The third-order valence-electron chi connectivity index (χ3n) is 8.10. The smallest absolute Gasteiger partial charge is 0.240 e. The Morgan fingerprint density at radius 1 is 0.794 bits per heavy atom. The molecule has 0 unspecified atom stereocenters. The Morgan fingerprint density at radius 2 is 1.26 bits per heavy atom. The molecule has 4 nitrogen and oxygen atoms in total. The molecule has 34 heavy (non-hydrogen) atoms. The van der Waals surface area contributed by atoms with Gasteiger partial charge in [0.15, 0.2) is 0 Å². The van der Waals surface area contributed by atoms with Crippen LogP contribution in [0, 0.1) is 5.92 Å². The van der Waals surface area contributed by atoms with E-state index in [1.54, 1.807) is 24.3 Å². The number of nitrogens with one attached hydrogen (secondary N) is 1. The normalized spacial score (nSPS) is 23.1. The molecule has 2 aliphatic heterocycles. The number of hydrogen-bond acceptors (Lipinski definition) is 3. The molecule has 0 saturated carbocycles. The fourth-order valence-electron chi connectivity index (χ4n) is 6.28. The Balaban J connectivity index is 1.54. The van der Waals surface area contributed by atoms with Crippen LogP contribution in [-0.2, 0) is 15.4 Å².